The molecule has 0 saturated heterocycles. The smallest absolute Gasteiger partial charge is 0.231 e. The number of benzene rings is 1. The van der Waals surface area contributed by atoms with Gasteiger partial charge >= 0.3 is 0 Å². The first-order valence-electron chi connectivity index (χ1n) is 7.70. The molecule has 1 aromatic carbocycles. The number of thioether (sulfide) groups is 1. The Kier molecular flexibility index (Phi) is 7.25. The van der Waals surface area contributed by atoms with Crippen molar-refractivity contribution in [2.75, 3.05) is 0 Å². The normalized spacial score (nSPS) is 11.7. The van der Waals surface area contributed by atoms with E-state index in [-0.39, 0.29) is 5.12 Å². The van der Waals surface area contributed by atoms with Gasteiger partial charge in [0.05, 0.1) is 0 Å². The molecule has 1 rings (SSSR count). The van der Waals surface area contributed by atoms with Crippen LogP contribution in [0.1, 0.15) is 51.9 Å². The van der Waals surface area contributed by atoms with Crippen molar-refractivity contribution in [3.8, 4) is 10.8 Å². The summed E-state index contributed by atoms with van der Waals surface area (Å²) in [4.78, 5) is 12.2. The molecule has 4 heteroatoms. The maximum absolute atomic E-state index is 12.2. The average molecular weight is 353 g/mol. The van der Waals surface area contributed by atoms with Gasteiger partial charge < -0.3 is 0 Å². The van der Waals surface area contributed by atoms with Gasteiger partial charge in [-0.25, -0.2) is 0 Å². The van der Waals surface area contributed by atoms with Crippen molar-refractivity contribution in [2.24, 2.45) is 0 Å². The molecule has 1 aromatic rings. The molecule has 1 nitrogen and oxygen atoms in total. The Morgan fingerprint density at radius 2 is 1.45 bits per heavy atom. The molecule has 0 bridgehead atoms. The fourth-order valence-corrected chi connectivity index (χ4v) is 9.49. The second kappa shape index (κ2) is 8.24. The molecule has 0 unspecified atom stereocenters. The minimum atomic E-state index is -1.76. The van der Waals surface area contributed by atoms with E-state index in [1.807, 2.05) is 0 Å². The molecule has 0 heterocycles. The predicted molar refractivity (Wildman–Crippen MR) is 102 cm³/mol. The third kappa shape index (κ3) is 4.41. The Balaban J connectivity index is 2.95. The zero-order valence-corrected chi connectivity index (χ0v) is 16.8. The van der Waals surface area contributed by atoms with E-state index >= 15 is 0 Å². The maximum Gasteiger partial charge on any atom is 0.231 e. The molecule has 0 radical (unpaired) electrons. The Morgan fingerprint density at radius 3 is 1.86 bits per heavy atom. The SMILES string of the molecule is CC(C)[Si](C#CSC(=O)c1ccc(Cl)cc1)(C(C)C)C(C)C. The van der Waals surface area contributed by atoms with Gasteiger partial charge in [0.2, 0.25) is 5.12 Å². The van der Waals surface area contributed by atoms with Crippen LogP contribution in [0.25, 0.3) is 0 Å². The molecule has 0 aliphatic rings. The third-order valence-corrected chi connectivity index (χ3v) is 11.7. The van der Waals surface area contributed by atoms with Gasteiger partial charge in [0.1, 0.15) is 8.07 Å². The zero-order chi connectivity index (χ0) is 16.9. The Morgan fingerprint density at radius 1 is 1.00 bits per heavy atom. The van der Waals surface area contributed by atoms with Crippen LogP contribution in [0.15, 0.2) is 24.3 Å². The van der Waals surface area contributed by atoms with E-state index in [1.165, 1.54) is 0 Å². The summed E-state index contributed by atoms with van der Waals surface area (Å²) >= 11 is 6.95. The lowest BCUT2D eigenvalue weighted by molar-refractivity contribution is 0.109. The molecule has 0 amide bonds. The van der Waals surface area contributed by atoms with Crippen LogP contribution in [0.2, 0.25) is 21.6 Å². The Bertz CT molecular complexity index is 545. The highest BCUT2D eigenvalue weighted by Gasteiger charge is 2.41. The summed E-state index contributed by atoms with van der Waals surface area (Å²) in [6.07, 6.45) is 0. The lowest BCUT2D eigenvalue weighted by Crippen LogP contribution is -2.43. The van der Waals surface area contributed by atoms with E-state index < -0.39 is 8.07 Å². The first kappa shape index (κ1) is 19.4. The first-order chi connectivity index (χ1) is 10.2. The van der Waals surface area contributed by atoms with Crippen LogP contribution in [0.3, 0.4) is 0 Å². The molecular formula is C18H25ClOSSi. The lowest BCUT2D eigenvalue weighted by Gasteiger charge is -2.37. The van der Waals surface area contributed by atoms with Crippen LogP contribution < -0.4 is 0 Å². The van der Waals surface area contributed by atoms with E-state index in [9.17, 15) is 4.79 Å². The molecule has 22 heavy (non-hydrogen) atoms. The van der Waals surface area contributed by atoms with E-state index in [4.69, 9.17) is 11.6 Å². The maximum atomic E-state index is 12.2. The number of halogens is 1. The van der Waals surface area contributed by atoms with Crippen LogP contribution in [-0.4, -0.2) is 13.2 Å². The Hall–Kier alpha value is -0.693. The highest BCUT2D eigenvalue weighted by Crippen LogP contribution is 2.40. The van der Waals surface area contributed by atoms with Gasteiger partial charge in [0.15, 0.2) is 0 Å². The van der Waals surface area contributed by atoms with E-state index in [0.29, 0.717) is 27.2 Å². The number of hydrogen-bond acceptors (Lipinski definition) is 2. The number of carbonyl (C=O) groups is 1. The van der Waals surface area contributed by atoms with Crippen molar-refractivity contribution in [3.63, 3.8) is 0 Å². The second-order valence-electron chi connectivity index (χ2n) is 6.52. The highest BCUT2D eigenvalue weighted by molar-refractivity contribution is 8.18. The highest BCUT2D eigenvalue weighted by atomic mass is 35.5. The van der Waals surface area contributed by atoms with Crippen molar-refractivity contribution in [1.29, 1.82) is 0 Å². The van der Waals surface area contributed by atoms with Crippen LogP contribution in [0.5, 0.6) is 0 Å². The molecule has 0 saturated carbocycles. The summed E-state index contributed by atoms with van der Waals surface area (Å²) in [5.41, 5.74) is 5.92. The molecule has 0 fully saturated rings. The van der Waals surface area contributed by atoms with Gasteiger partial charge in [0.25, 0.3) is 0 Å². The summed E-state index contributed by atoms with van der Waals surface area (Å²) in [7, 11) is -1.76. The summed E-state index contributed by atoms with van der Waals surface area (Å²) in [6.45, 7) is 13.6. The summed E-state index contributed by atoms with van der Waals surface area (Å²) < 4.78 is 0. The van der Waals surface area contributed by atoms with Crippen LogP contribution in [0, 0.1) is 10.8 Å². The molecule has 0 aliphatic carbocycles. The van der Waals surface area contributed by atoms with E-state index in [1.54, 1.807) is 24.3 Å². The molecule has 0 aromatic heterocycles. The summed E-state index contributed by atoms with van der Waals surface area (Å²) in [6, 6.07) is 6.96. The van der Waals surface area contributed by atoms with E-state index in [0.717, 1.165) is 11.8 Å². The van der Waals surface area contributed by atoms with Gasteiger partial charge in [-0.05, 0) is 46.1 Å². The van der Waals surface area contributed by atoms with Crippen LogP contribution in [-0.2, 0) is 0 Å². The van der Waals surface area contributed by atoms with Crippen molar-refractivity contribution in [3.05, 3.63) is 34.9 Å². The minimum Gasteiger partial charge on any atom is -0.281 e. The van der Waals surface area contributed by atoms with Crippen LogP contribution >= 0.6 is 23.4 Å². The average Bonchev–Trinajstić information content (AvgIpc) is 2.42. The Labute approximate surface area is 145 Å². The molecule has 0 atom stereocenters. The van der Waals surface area contributed by atoms with Crippen molar-refractivity contribution in [1.82, 2.24) is 0 Å². The predicted octanol–water partition coefficient (Wildman–Crippen LogP) is 6.39. The minimum absolute atomic E-state index is 0.0108. The lowest BCUT2D eigenvalue weighted by atomic mass is 10.2. The monoisotopic (exact) mass is 352 g/mol. The fourth-order valence-electron chi connectivity index (χ4n) is 3.24. The second-order valence-corrected chi connectivity index (χ2v) is 13.3. The third-order valence-electron chi connectivity index (χ3n) is 4.36. The van der Waals surface area contributed by atoms with Gasteiger partial charge in [-0.2, -0.15) is 0 Å². The van der Waals surface area contributed by atoms with Gasteiger partial charge in [-0.15, -0.1) is 5.54 Å². The quantitative estimate of drug-likeness (QED) is 0.461. The van der Waals surface area contributed by atoms with Gasteiger partial charge in [-0.3, -0.25) is 4.79 Å². The largest absolute Gasteiger partial charge is 0.281 e. The topological polar surface area (TPSA) is 17.1 Å². The first-order valence-corrected chi connectivity index (χ1v) is 11.1. The standard InChI is InChI=1S/C18H25ClOSSi/c1-13(2)22(14(3)4,15(5)6)12-11-21-18(20)16-7-9-17(19)10-8-16/h7-10,13-15H,1-6H3. The number of hydrogen-bond donors (Lipinski definition) is 0. The molecule has 0 N–H and O–H groups in total. The van der Waals surface area contributed by atoms with Gasteiger partial charge in [-0.1, -0.05) is 53.1 Å². The van der Waals surface area contributed by atoms with Crippen molar-refractivity contribution in [2.45, 2.75) is 58.2 Å². The number of rotatable bonds is 4. The summed E-state index contributed by atoms with van der Waals surface area (Å²) in [5, 5.41) is 3.76. The summed E-state index contributed by atoms with van der Waals surface area (Å²) in [5.74, 6) is 0. The van der Waals surface area contributed by atoms with Crippen molar-refractivity contribution < 1.29 is 4.79 Å². The number of carbonyl (C=O) groups excluding carboxylic acids is 1. The molecular weight excluding hydrogens is 328 g/mol. The van der Waals surface area contributed by atoms with E-state index in [2.05, 4.69) is 52.3 Å². The molecule has 0 spiro atoms. The zero-order valence-electron chi connectivity index (χ0n) is 14.2. The fraction of sp³-hybridized carbons (Fsp3) is 0.500. The molecule has 120 valence electrons. The van der Waals surface area contributed by atoms with Gasteiger partial charge in [0, 0.05) is 22.3 Å². The van der Waals surface area contributed by atoms with Crippen molar-refractivity contribution >= 4 is 36.6 Å². The van der Waals surface area contributed by atoms with Crippen LogP contribution in [0.4, 0.5) is 0 Å². The molecule has 0 aliphatic heterocycles.